The molecule has 0 amide bonds. The molecule has 0 bridgehead atoms. The van der Waals surface area contributed by atoms with Gasteiger partial charge in [-0.2, -0.15) is 12.6 Å². The summed E-state index contributed by atoms with van der Waals surface area (Å²) < 4.78 is 5.17. The third kappa shape index (κ3) is 6.80. The lowest BCUT2D eigenvalue weighted by Crippen LogP contribution is -1.92. The van der Waals surface area contributed by atoms with Gasteiger partial charge in [0.15, 0.2) is 5.84 Å². The molecule has 0 aliphatic rings. The van der Waals surface area contributed by atoms with Gasteiger partial charge in [0.1, 0.15) is 5.58 Å². The number of fused-ring (bicyclic) bond motifs is 1. The molecule has 1 heterocycles. The standard InChI is InChI=1S/C10H8N2O.C8H10S2.C2H6/c1-12-10(11)8-2-3-9-7(6-8)4-5-13-9;1-7-2-4-8(5-3-7)10-6-9;1-2/h2-6,11H,1H2;2-5,9H,6H2,1H3;1-2H3. The van der Waals surface area contributed by atoms with E-state index >= 15 is 0 Å². The summed E-state index contributed by atoms with van der Waals surface area (Å²) in [4.78, 5) is 4.84. The molecule has 0 unspecified atom stereocenters. The number of benzene rings is 2. The van der Waals surface area contributed by atoms with E-state index in [4.69, 9.17) is 9.83 Å². The normalized spacial score (nSPS) is 9.44. The van der Waals surface area contributed by atoms with Crippen molar-refractivity contribution in [2.45, 2.75) is 25.7 Å². The van der Waals surface area contributed by atoms with Crippen LogP contribution in [0.1, 0.15) is 25.0 Å². The molecule has 0 radical (unpaired) electrons. The Kier molecular flexibility index (Phi) is 9.73. The molecule has 1 N–H and O–H groups in total. The first-order valence-electron chi connectivity index (χ1n) is 7.97. The van der Waals surface area contributed by atoms with Gasteiger partial charge in [0, 0.05) is 20.9 Å². The predicted molar refractivity (Wildman–Crippen MR) is 115 cm³/mol. The van der Waals surface area contributed by atoms with Crippen LogP contribution in [0.2, 0.25) is 0 Å². The molecule has 0 atom stereocenters. The Balaban J connectivity index is 0.000000235. The molecule has 5 heteroatoms. The van der Waals surface area contributed by atoms with Gasteiger partial charge in [-0.25, -0.2) is 4.99 Å². The van der Waals surface area contributed by atoms with E-state index in [1.54, 1.807) is 24.1 Å². The van der Waals surface area contributed by atoms with Crippen molar-refractivity contribution in [3.63, 3.8) is 0 Å². The second-order valence-corrected chi connectivity index (χ2v) is 6.56. The molecule has 0 aliphatic carbocycles. The molecule has 0 aliphatic heterocycles. The number of thiol groups is 1. The quantitative estimate of drug-likeness (QED) is 0.182. The number of amidine groups is 1. The molecule has 3 nitrogen and oxygen atoms in total. The lowest BCUT2D eigenvalue weighted by atomic mass is 10.1. The average molecular weight is 373 g/mol. The van der Waals surface area contributed by atoms with Gasteiger partial charge in [0.25, 0.3) is 0 Å². The largest absolute Gasteiger partial charge is 0.464 e. The van der Waals surface area contributed by atoms with Crippen molar-refractivity contribution in [3.05, 3.63) is 65.9 Å². The van der Waals surface area contributed by atoms with Crippen LogP contribution in [0, 0.1) is 12.3 Å². The molecule has 3 aromatic rings. The van der Waals surface area contributed by atoms with Crippen molar-refractivity contribution < 1.29 is 4.42 Å². The SMILES string of the molecule is C=NC(=N)c1ccc2occc2c1.CC.Cc1ccc(SCS)cc1. The second kappa shape index (κ2) is 11.6. The van der Waals surface area contributed by atoms with Crippen molar-refractivity contribution in [1.29, 1.82) is 5.41 Å². The van der Waals surface area contributed by atoms with E-state index in [2.05, 4.69) is 55.5 Å². The molecular weight excluding hydrogens is 348 g/mol. The minimum absolute atomic E-state index is 0.183. The zero-order valence-corrected chi connectivity index (χ0v) is 16.5. The molecular formula is C20H24N2OS2. The molecule has 132 valence electrons. The summed E-state index contributed by atoms with van der Waals surface area (Å²) in [6, 6.07) is 15.8. The highest BCUT2D eigenvalue weighted by Crippen LogP contribution is 2.18. The minimum Gasteiger partial charge on any atom is -0.464 e. The number of hydrogen-bond acceptors (Lipinski definition) is 4. The molecule has 0 saturated carbocycles. The zero-order chi connectivity index (χ0) is 18.7. The van der Waals surface area contributed by atoms with Crippen LogP contribution in [-0.2, 0) is 0 Å². The maximum Gasteiger partial charge on any atom is 0.151 e. The molecule has 1 aromatic heterocycles. The Hall–Kier alpha value is -1.98. The Morgan fingerprint density at radius 3 is 2.44 bits per heavy atom. The van der Waals surface area contributed by atoms with E-state index in [1.165, 1.54) is 10.5 Å². The van der Waals surface area contributed by atoms with Gasteiger partial charge in [-0.1, -0.05) is 31.5 Å². The summed E-state index contributed by atoms with van der Waals surface area (Å²) in [5, 5.41) is 9.27. The summed E-state index contributed by atoms with van der Waals surface area (Å²) in [7, 11) is 0. The molecule has 3 rings (SSSR count). The Morgan fingerprint density at radius 2 is 1.84 bits per heavy atom. The van der Waals surface area contributed by atoms with Crippen molar-refractivity contribution in [2.75, 3.05) is 5.08 Å². The van der Waals surface area contributed by atoms with Crippen LogP contribution in [0.25, 0.3) is 11.0 Å². The number of rotatable bonds is 3. The monoisotopic (exact) mass is 372 g/mol. The second-order valence-electron chi connectivity index (χ2n) is 4.77. The van der Waals surface area contributed by atoms with E-state index in [0.717, 1.165) is 21.6 Å². The number of aryl methyl sites for hydroxylation is 1. The smallest absolute Gasteiger partial charge is 0.151 e. The zero-order valence-electron chi connectivity index (χ0n) is 14.8. The summed E-state index contributed by atoms with van der Waals surface area (Å²) in [6.07, 6.45) is 1.62. The summed E-state index contributed by atoms with van der Waals surface area (Å²) >= 11 is 5.87. The number of hydrogen-bond donors (Lipinski definition) is 2. The van der Waals surface area contributed by atoms with Crippen LogP contribution in [0.5, 0.6) is 0 Å². The summed E-state index contributed by atoms with van der Waals surface area (Å²) in [5.74, 6) is 0.183. The summed E-state index contributed by atoms with van der Waals surface area (Å²) in [6.45, 7) is 9.40. The van der Waals surface area contributed by atoms with Gasteiger partial charge in [0.2, 0.25) is 0 Å². The highest BCUT2D eigenvalue weighted by molar-refractivity contribution is 8.09. The van der Waals surface area contributed by atoms with Gasteiger partial charge in [-0.3, -0.25) is 5.41 Å². The highest BCUT2D eigenvalue weighted by Gasteiger charge is 2.01. The lowest BCUT2D eigenvalue weighted by molar-refractivity contribution is 0.616. The molecule has 0 fully saturated rings. The van der Waals surface area contributed by atoms with Gasteiger partial charge < -0.3 is 4.42 Å². The third-order valence-electron chi connectivity index (χ3n) is 3.14. The van der Waals surface area contributed by atoms with Crippen LogP contribution in [0.4, 0.5) is 0 Å². The Labute approximate surface area is 159 Å². The van der Waals surface area contributed by atoms with Crippen LogP contribution in [-0.4, -0.2) is 17.6 Å². The van der Waals surface area contributed by atoms with Crippen LogP contribution in [0.3, 0.4) is 0 Å². The number of nitrogens with one attached hydrogen (secondary N) is 1. The molecule has 2 aromatic carbocycles. The van der Waals surface area contributed by atoms with Gasteiger partial charge in [-0.05, 0) is 50.0 Å². The number of furan rings is 1. The topological polar surface area (TPSA) is 49.4 Å². The first kappa shape index (κ1) is 21.1. The number of thioether (sulfide) groups is 1. The van der Waals surface area contributed by atoms with E-state index in [1.807, 2.05) is 32.0 Å². The van der Waals surface area contributed by atoms with Crippen LogP contribution in [0.15, 0.2) is 69.1 Å². The Morgan fingerprint density at radius 1 is 1.16 bits per heavy atom. The first-order valence-corrected chi connectivity index (χ1v) is 9.59. The maximum atomic E-state index is 7.45. The van der Waals surface area contributed by atoms with Crippen LogP contribution >= 0.6 is 24.4 Å². The molecule has 25 heavy (non-hydrogen) atoms. The fourth-order valence-corrected chi connectivity index (χ4v) is 2.84. The number of aliphatic imine (C=N–C) groups is 1. The fourth-order valence-electron chi connectivity index (χ4n) is 1.91. The van der Waals surface area contributed by atoms with Crippen molar-refractivity contribution in [3.8, 4) is 0 Å². The third-order valence-corrected chi connectivity index (χ3v) is 4.26. The molecule has 0 spiro atoms. The average Bonchev–Trinajstić information content (AvgIpc) is 3.13. The Bertz CT molecular complexity index is 795. The van der Waals surface area contributed by atoms with E-state index in [-0.39, 0.29) is 5.84 Å². The number of nitrogens with zero attached hydrogens (tertiary/aromatic N) is 1. The van der Waals surface area contributed by atoms with Gasteiger partial charge >= 0.3 is 0 Å². The van der Waals surface area contributed by atoms with Gasteiger partial charge in [-0.15, -0.1) is 11.8 Å². The predicted octanol–water partition coefficient (Wildman–Crippen LogP) is 6.46. The highest BCUT2D eigenvalue weighted by atomic mass is 32.2. The maximum absolute atomic E-state index is 7.45. The van der Waals surface area contributed by atoms with Crippen molar-refractivity contribution >= 4 is 47.9 Å². The summed E-state index contributed by atoms with van der Waals surface area (Å²) in [5.41, 5.74) is 2.88. The molecule has 0 saturated heterocycles. The van der Waals surface area contributed by atoms with Gasteiger partial charge in [0.05, 0.1) is 6.26 Å². The van der Waals surface area contributed by atoms with E-state index < -0.39 is 0 Å². The first-order chi connectivity index (χ1) is 12.1. The fraction of sp³-hybridized carbons (Fsp3) is 0.200. The van der Waals surface area contributed by atoms with Crippen molar-refractivity contribution in [1.82, 2.24) is 0 Å². The minimum atomic E-state index is 0.183. The lowest BCUT2D eigenvalue weighted by Gasteiger charge is -1.96. The van der Waals surface area contributed by atoms with Crippen LogP contribution < -0.4 is 0 Å². The van der Waals surface area contributed by atoms with Crippen molar-refractivity contribution in [2.24, 2.45) is 4.99 Å². The van der Waals surface area contributed by atoms with E-state index in [9.17, 15) is 0 Å². The van der Waals surface area contributed by atoms with E-state index in [0.29, 0.717) is 0 Å².